The highest BCUT2D eigenvalue weighted by Gasteiger charge is 2.38. The van der Waals surface area contributed by atoms with Crippen molar-refractivity contribution in [2.45, 2.75) is 32.5 Å². The Labute approximate surface area is 178 Å². The lowest BCUT2D eigenvalue weighted by molar-refractivity contribution is -0.147. The van der Waals surface area contributed by atoms with Crippen LogP contribution < -0.4 is 5.32 Å². The SMILES string of the molecule is Cc1ccc(NC(=O)CN2CCC(Cn3c(C(F)(F)F)nc4ccccc43)CC2)cc1. The molecule has 31 heavy (non-hydrogen) atoms. The number of halogens is 3. The molecule has 3 aromatic rings. The largest absolute Gasteiger partial charge is 0.449 e. The number of amides is 1. The van der Waals surface area contributed by atoms with Crippen molar-refractivity contribution in [3.05, 3.63) is 59.9 Å². The number of hydrogen-bond donors (Lipinski definition) is 1. The lowest BCUT2D eigenvalue weighted by Crippen LogP contribution is -2.40. The molecule has 0 radical (unpaired) electrons. The van der Waals surface area contributed by atoms with E-state index in [0.717, 1.165) is 24.1 Å². The standard InChI is InChI=1S/C23H25F3N4O/c1-16-6-8-18(9-7-16)27-21(31)15-29-12-10-17(11-13-29)14-30-20-5-3-2-4-19(20)28-22(30)23(24,25)26/h2-9,17H,10-15H2,1H3,(H,27,31). The highest BCUT2D eigenvalue weighted by atomic mass is 19.4. The van der Waals surface area contributed by atoms with E-state index in [-0.39, 0.29) is 24.9 Å². The van der Waals surface area contributed by atoms with Gasteiger partial charge in [0.05, 0.1) is 17.6 Å². The highest BCUT2D eigenvalue weighted by molar-refractivity contribution is 5.92. The third kappa shape index (κ3) is 5.07. The molecule has 1 aliphatic heterocycles. The molecule has 0 aliphatic carbocycles. The number of hydrogen-bond acceptors (Lipinski definition) is 3. The number of nitrogens with one attached hydrogen (secondary N) is 1. The monoisotopic (exact) mass is 430 g/mol. The van der Waals surface area contributed by atoms with Crippen LogP contribution in [0.3, 0.4) is 0 Å². The Morgan fingerprint density at radius 3 is 2.45 bits per heavy atom. The van der Waals surface area contributed by atoms with Gasteiger partial charge >= 0.3 is 6.18 Å². The summed E-state index contributed by atoms with van der Waals surface area (Å²) in [6.07, 6.45) is -3.02. The smallest absolute Gasteiger partial charge is 0.325 e. The van der Waals surface area contributed by atoms with Crippen molar-refractivity contribution >= 4 is 22.6 Å². The number of piperidine rings is 1. The number of para-hydroxylation sites is 2. The van der Waals surface area contributed by atoms with Gasteiger partial charge in [0, 0.05) is 12.2 Å². The van der Waals surface area contributed by atoms with Crippen LogP contribution in [0.4, 0.5) is 18.9 Å². The number of benzene rings is 2. The number of imidazole rings is 1. The Balaban J connectivity index is 1.35. The predicted molar refractivity (Wildman–Crippen MR) is 114 cm³/mol. The van der Waals surface area contributed by atoms with Crippen LogP contribution >= 0.6 is 0 Å². The summed E-state index contributed by atoms with van der Waals surface area (Å²) in [6.45, 7) is 3.90. The summed E-state index contributed by atoms with van der Waals surface area (Å²) in [7, 11) is 0. The molecule has 5 nitrogen and oxygen atoms in total. The average Bonchev–Trinajstić information content (AvgIpc) is 3.10. The molecule has 164 valence electrons. The van der Waals surface area contributed by atoms with Crippen molar-refractivity contribution < 1.29 is 18.0 Å². The number of carbonyl (C=O) groups excluding carboxylic acids is 1. The van der Waals surface area contributed by atoms with Gasteiger partial charge in [-0.25, -0.2) is 4.98 Å². The molecule has 1 aliphatic rings. The van der Waals surface area contributed by atoms with Gasteiger partial charge in [-0.15, -0.1) is 0 Å². The molecule has 2 aromatic carbocycles. The van der Waals surface area contributed by atoms with E-state index >= 15 is 0 Å². The van der Waals surface area contributed by atoms with Crippen molar-refractivity contribution in [1.82, 2.24) is 14.5 Å². The van der Waals surface area contributed by atoms with E-state index < -0.39 is 12.0 Å². The van der Waals surface area contributed by atoms with Gasteiger partial charge in [0.1, 0.15) is 0 Å². The minimum absolute atomic E-state index is 0.0812. The topological polar surface area (TPSA) is 50.2 Å². The van der Waals surface area contributed by atoms with E-state index in [0.29, 0.717) is 24.1 Å². The van der Waals surface area contributed by atoms with Gasteiger partial charge in [-0.3, -0.25) is 9.69 Å². The molecule has 0 atom stereocenters. The molecule has 0 spiro atoms. The molecule has 1 fully saturated rings. The Kier molecular flexibility index (Phi) is 6.00. The first-order valence-electron chi connectivity index (χ1n) is 10.4. The second kappa shape index (κ2) is 8.70. The number of anilines is 1. The summed E-state index contributed by atoms with van der Waals surface area (Å²) in [5, 5.41) is 2.89. The van der Waals surface area contributed by atoms with E-state index in [2.05, 4.69) is 15.2 Å². The Morgan fingerprint density at radius 2 is 1.77 bits per heavy atom. The van der Waals surface area contributed by atoms with Crippen LogP contribution in [0.15, 0.2) is 48.5 Å². The van der Waals surface area contributed by atoms with Crippen molar-refractivity contribution in [3.63, 3.8) is 0 Å². The summed E-state index contributed by atoms with van der Waals surface area (Å²) in [5.74, 6) is -0.814. The number of alkyl halides is 3. The molecule has 2 heterocycles. The number of fused-ring (bicyclic) bond motifs is 1. The van der Waals surface area contributed by atoms with Gasteiger partial charge in [0.2, 0.25) is 11.7 Å². The zero-order valence-electron chi connectivity index (χ0n) is 17.3. The van der Waals surface area contributed by atoms with Gasteiger partial charge in [-0.05, 0) is 63.0 Å². The quantitative estimate of drug-likeness (QED) is 0.638. The average molecular weight is 430 g/mol. The second-order valence-electron chi connectivity index (χ2n) is 8.17. The van der Waals surface area contributed by atoms with E-state index in [1.807, 2.05) is 31.2 Å². The van der Waals surface area contributed by atoms with E-state index in [1.54, 1.807) is 24.3 Å². The third-order valence-electron chi connectivity index (χ3n) is 5.76. The molecule has 0 bridgehead atoms. The van der Waals surface area contributed by atoms with Crippen LogP contribution in [-0.2, 0) is 17.5 Å². The third-order valence-corrected chi connectivity index (χ3v) is 5.76. The zero-order chi connectivity index (χ0) is 22.0. The fraction of sp³-hybridized carbons (Fsp3) is 0.391. The molecule has 0 saturated carbocycles. The lowest BCUT2D eigenvalue weighted by Gasteiger charge is -2.32. The molecule has 1 saturated heterocycles. The first-order valence-corrected chi connectivity index (χ1v) is 10.4. The predicted octanol–water partition coefficient (Wildman–Crippen LogP) is 4.71. The number of aromatic nitrogens is 2. The van der Waals surface area contributed by atoms with Crippen molar-refractivity contribution in [2.75, 3.05) is 25.0 Å². The molecule has 1 aromatic heterocycles. The van der Waals surface area contributed by atoms with Gasteiger partial charge in [-0.2, -0.15) is 13.2 Å². The van der Waals surface area contributed by atoms with Crippen LogP contribution in [0.25, 0.3) is 11.0 Å². The van der Waals surface area contributed by atoms with Crippen molar-refractivity contribution in [2.24, 2.45) is 5.92 Å². The van der Waals surface area contributed by atoms with Crippen LogP contribution in [0.5, 0.6) is 0 Å². The van der Waals surface area contributed by atoms with Crippen molar-refractivity contribution in [1.29, 1.82) is 0 Å². The minimum atomic E-state index is -4.49. The Hall–Kier alpha value is -2.87. The number of nitrogens with zero attached hydrogens (tertiary/aromatic N) is 3. The highest BCUT2D eigenvalue weighted by Crippen LogP contribution is 2.33. The second-order valence-corrected chi connectivity index (χ2v) is 8.17. The van der Waals surface area contributed by atoms with Gasteiger partial charge < -0.3 is 9.88 Å². The molecule has 0 unspecified atom stereocenters. The van der Waals surface area contributed by atoms with Crippen LogP contribution in [-0.4, -0.2) is 40.0 Å². The molecule has 8 heteroatoms. The summed E-state index contributed by atoms with van der Waals surface area (Å²) in [6, 6.07) is 14.3. The number of carbonyl (C=O) groups is 1. The first-order chi connectivity index (χ1) is 14.8. The van der Waals surface area contributed by atoms with Gasteiger partial charge in [0.25, 0.3) is 0 Å². The summed E-state index contributed by atoms with van der Waals surface area (Å²) >= 11 is 0. The normalized spacial score (nSPS) is 16.0. The number of rotatable bonds is 5. The maximum atomic E-state index is 13.5. The molecule has 1 amide bonds. The summed E-state index contributed by atoms with van der Waals surface area (Å²) in [5.41, 5.74) is 2.76. The van der Waals surface area contributed by atoms with Crippen LogP contribution in [0.2, 0.25) is 0 Å². The summed E-state index contributed by atoms with van der Waals surface area (Å²) in [4.78, 5) is 18.2. The minimum Gasteiger partial charge on any atom is -0.325 e. The number of aryl methyl sites for hydroxylation is 1. The molecule has 4 rings (SSSR count). The Bertz CT molecular complexity index is 1050. The summed E-state index contributed by atoms with van der Waals surface area (Å²) < 4.78 is 41.8. The van der Waals surface area contributed by atoms with Crippen molar-refractivity contribution in [3.8, 4) is 0 Å². The number of likely N-dealkylation sites (tertiary alicyclic amines) is 1. The van der Waals surface area contributed by atoms with Gasteiger partial charge in [0.15, 0.2) is 0 Å². The fourth-order valence-corrected chi connectivity index (χ4v) is 4.10. The fourth-order valence-electron chi connectivity index (χ4n) is 4.10. The van der Waals surface area contributed by atoms with Crippen LogP contribution in [0, 0.1) is 12.8 Å². The van der Waals surface area contributed by atoms with Crippen LogP contribution in [0.1, 0.15) is 24.2 Å². The van der Waals surface area contributed by atoms with Gasteiger partial charge in [-0.1, -0.05) is 29.8 Å². The van der Waals surface area contributed by atoms with E-state index in [4.69, 9.17) is 0 Å². The van der Waals surface area contributed by atoms with E-state index in [9.17, 15) is 18.0 Å². The zero-order valence-corrected chi connectivity index (χ0v) is 17.3. The lowest BCUT2D eigenvalue weighted by atomic mass is 9.96. The maximum Gasteiger partial charge on any atom is 0.449 e. The Morgan fingerprint density at radius 1 is 1.10 bits per heavy atom. The molecular formula is C23H25F3N4O. The first kappa shape index (κ1) is 21.4. The van der Waals surface area contributed by atoms with E-state index in [1.165, 1.54) is 4.57 Å². The molecule has 1 N–H and O–H groups in total. The maximum absolute atomic E-state index is 13.5. The molecular weight excluding hydrogens is 405 g/mol.